The van der Waals surface area contributed by atoms with Crippen molar-refractivity contribution in [2.75, 3.05) is 0 Å². The van der Waals surface area contributed by atoms with E-state index in [4.69, 9.17) is 9.84 Å². The number of ether oxygens (including phenoxy) is 1. The van der Waals surface area contributed by atoms with Crippen LogP contribution in [0.3, 0.4) is 0 Å². The quantitative estimate of drug-likeness (QED) is 0.523. The molecule has 0 atom stereocenters. The number of rotatable bonds is 3. The SMILES string of the molecule is CC(O)=[SH]C1CC(OC2CC2)C1. The maximum Gasteiger partial charge on any atom is 0.0666 e. The summed E-state index contributed by atoms with van der Waals surface area (Å²) in [5.74, 6) is 0. The summed E-state index contributed by atoms with van der Waals surface area (Å²) in [6, 6.07) is 0. The van der Waals surface area contributed by atoms with E-state index in [0.29, 0.717) is 22.5 Å². The topological polar surface area (TPSA) is 29.5 Å². The summed E-state index contributed by atoms with van der Waals surface area (Å²) in [4.78, 5) is 0. The van der Waals surface area contributed by atoms with Gasteiger partial charge in [-0.3, -0.25) is 0 Å². The predicted molar refractivity (Wildman–Crippen MR) is 53.2 cm³/mol. The molecule has 0 aromatic carbocycles. The summed E-state index contributed by atoms with van der Waals surface area (Å²) in [5.41, 5.74) is 0. The molecule has 70 valence electrons. The highest BCUT2D eigenvalue weighted by atomic mass is 32.1. The van der Waals surface area contributed by atoms with Gasteiger partial charge in [-0.1, -0.05) is 0 Å². The third-order valence-electron chi connectivity index (χ3n) is 2.35. The number of hydrogen-bond acceptors (Lipinski definition) is 1. The molecule has 0 aliphatic heterocycles. The van der Waals surface area contributed by atoms with Crippen molar-refractivity contribution in [1.82, 2.24) is 0 Å². The van der Waals surface area contributed by atoms with E-state index in [2.05, 4.69) is 0 Å². The first-order chi connectivity index (χ1) is 5.74. The van der Waals surface area contributed by atoms with Crippen LogP contribution in [-0.4, -0.2) is 27.6 Å². The fourth-order valence-electron chi connectivity index (χ4n) is 1.49. The number of aliphatic hydroxyl groups excluding tert-OH is 1. The molecule has 3 heteroatoms. The van der Waals surface area contributed by atoms with E-state index >= 15 is 0 Å². The molecular weight excluding hydrogens is 172 g/mol. The lowest BCUT2D eigenvalue weighted by atomic mass is 9.95. The Morgan fingerprint density at radius 1 is 1.33 bits per heavy atom. The van der Waals surface area contributed by atoms with Crippen LogP contribution in [0.2, 0.25) is 0 Å². The van der Waals surface area contributed by atoms with Crippen LogP contribution in [0.5, 0.6) is 0 Å². The molecular formula is C9H16O2S. The smallest absolute Gasteiger partial charge is 0.0666 e. The van der Waals surface area contributed by atoms with Gasteiger partial charge in [0.15, 0.2) is 0 Å². The Hall–Kier alpha value is 0.140. The van der Waals surface area contributed by atoms with Crippen LogP contribution in [0.1, 0.15) is 32.6 Å². The third kappa shape index (κ3) is 2.31. The van der Waals surface area contributed by atoms with Crippen LogP contribution in [0.15, 0.2) is 0 Å². The first-order valence-electron chi connectivity index (χ1n) is 4.63. The highest BCUT2D eigenvalue weighted by Gasteiger charge is 2.33. The summed E-state index contributed by atoms with van der Waals surface area (Å²) in [6.45, 7) is 1.77. The maximum absolute atomic E-state index is 9.03. The molecule has 2 saturated carbocycles. The monoisotopic (exact) mass is 188 g/mol. The molecule has 2 aliphatic carbocycles. The molecule has 0 amide bonds. The second-order valence-corrected chi connectivity index (χ2v) is 5.39. The van der Waals surface area contributed by atoms with E-state index in [1.165, 1.54) is 12.8 Å². The van der Waals surface area contributed by atoms with Crippen molar-refractivity contribution in [3.63, 3.8) is 0 Å². The summed E-state index contributed by atoms with van der Waals surface area (Å²) in [7, 11) is 0. The lowest BCUT2D eigenvalue weighted by Gasteiger charge is -2.33. The second kappa shape index (κ2) is 3.48. The first-order valence-corrected chi connectivity index (χ1v) is 5.59. The average molecular weight is 188 g/mol. The van der Waals surface area contributed by atoms with Gasteiger partial charge in [-0.25, -0.2) is 0 Å². The molecule has 2 aliphatic rings. The van der Waals surface area contributed by atoms with Gasteiger partial charge >= 0.3 is 0 Å². The highest BCUT2D eigenvalue weighted by Crippen LogP contribution is 2.35. The van der Waals surface area contributed by atoms with Crippen molar-refractivity contribution < 1.29 is 9.84 Å². The molecule has 2 nitrogen and oxygen atoms in total. The van der Waals surface area contributed by atoms with Gasteiger partial charge in [0, 0.05) is 5.25 Å². The van der Waals surface area contributed by atoms with Crippen LogP contribution >= 0.6 is 11.4 Å². The fraction of sp³-hybridized carbons (Fsp3) is 0.889. The molecule has 12 heavy (non-hydrogen) atoms. The van der Waals surface area contributed by atoms with Gasteiger partial charge in [0.25, 0.3) is 0 Å². The van der Waals surface area contributed by atoms with Crippen molar-refractivity contribution in [1.29, 1.82) is 0 Å². The average Bonchev–Trinajstić information content (AvgIpc) is 2.65. The largest absolute Gasteiger partial charge is 0.375 e. The third-order valence-corrected chi connectivity index (χ3v) is 3.51. The van der Waals surface area contributed by atoms with Gasteiger partial charge in [-0.15, -0.1) is 0 Å². The van der Waals surface area contributed by atoms with E-state index in [1.807, 2.05) is 0 Å². The summed E-state index contributed by atoms with van der Waals surface area (Å²) in [6.07, 6.45) is 5.93. The van der Waals surface area contributed by atoms with Gasteiger partial charge in [-0.05, 0) is 32.6 Å². The van der Waals surface area contributed by atoms with Crippen LogP contribution < -0.4 is 0 Å². The van der Waals surface area contributed by atoms with Crippen molar-refractivity contribution in [2.45, 2.75) is 50.1 Å². The van der Waals surface area contributed by atoms with Gasteiger partial charge in [0.2, 0.25) is 0 Å². The lowest BCUT2D eigenvalue weighted by Crippen LogP contribution is -2.33. The van der Waals surface area contributed by atoms with Crippen LogP contribution in [-0.2, 0) is 4.74 Å². The number of thiol groups is 1. The molecule has 0 radical (unpaired) electrons. The van der Waals surface area contributed by atoms with E-state index in [0.717, 1.165) is 24.2 Å². The van der Waals surface area contributed by atoms with Crippen LogP contribution in [0, 0.1) is 0 Å². The van der Waals surface area contributed by atoms with E-state index in [9.17, 15) is 0 Å². The highest BCUT2D eigenvalue weighted by molar-refractivity contribution is 7.99. The van der Waals surface area contributed by atoms with Gasteiger partial charge < -0.3 is 9.84 Å². The molecule has 0 aromatic rings. The minimum absolute atomic E-state index is 0.509. The molecule has 2 fully saturated rings. The van der Waals surface area contributed by atoms with E-state index in [-0.39, 0.29) is 0 Å². The normalized spacial score (nSPS) is 37.0. The van der Waals surface area contributed by atoms with Crippen LogP contribution in [0.4, 0.5) is 0 Å². The Kier molecular flexibility index (Phi) is 2.53. The van der Waals surface area contributed by atoms with E-state index < -0.39 is 0 Å². The minimum atomic E-state index is 0.509. The Morgan fingerprint density at radius 3 is 2.50 bits per heavy atom. The molecule has 0 spiro atoms. The molecule has 0 bridgehead atoms. The molecule has 0 aromatic heterocycles. The predicted octanol–water partition coefficient (Wildman–Crippen LogP) is 1.87. The number of aliphatic hydroxyl groups is 1. The fourth-order valence-corrected chi connectivity index (χ4v) is 2.70. The van der Waals surface area contributed by atoms with Gasteiger partial charge in [0.1, 0.15) is 0 Å². The summed E-state index contributed by atoms with van der Waals surface area (Å²) in [5, 5.41) is 10.2. The molecule has 0 unspecified atom stereocenters. The lowest BCUT2D eigenvalue weighted by molar-refractivity contribution is -0.00500. The van der Waals surface area contributed by atoms with Crippen LogP contribution in [0.25, 0.3) is 0 Å². The zero-order chi connectivity index (χ0) is 8.55. The van der Waals surface area contributed by atoms with Gasteiger partial charge in [0.05, 0.1) is 17.3 Å². The second-order valence-electron chi connectivity index (χ2n) is 3.76. The molecule has 1 N–H and O–H groups in total. The summed E-state index contributed by atoms with van der Waals surface area (Å²) >= 11 is 1.11. The van der Waals surface area contributed by atoms with Crippen molar-refractivity contribution in [3.8, 4) is 0 Å². The zero-order valence-electron chi connectivity index (χ0n) is 7.36. The Bertz CT molecular complexity index is 189. The molecule has 2 rings (SSSR count). The maximum atomic E-state index is 9.03. The molecule has 0 heterocycles. The van der Waals surface area contributed by atoms with Gasteiger partial charge in [-0.2, -0.15) is 11.4 Å². The Morgan fingerprint density at radius 2 is 2.00 bits per heavy atom. The first kappa shape index (κ1) is 8.73. The minimum Gasteiger partial charge on any atom is -0.375 e. The van der Waals surface area contributed by atoms with Crippen molar-refractivity contribution in [2.24, 2.45) is 0 Å². The van der Waals surface area contributed by atoms with Crippen molar-refractivity contribution in [3.05, 3.63) is 0 Å². The number of hydrogen-bond donors (Lipinski definition) is 2. The Balaban J connectivity index is 1.65. The summed E-state index contributed by atoms with van der Waals surface area (Å²) < 4.78 is 5.71. The molecule has 0 saturated heterocycles. The Labute approximate surface area is 76.9 Å². The van der Waals surface area contributed by atoms with E-state index in [1.54, 1.807) is 6.92 Å². The van der Waals surface area contributed by atoms with Crippen molar-refractivity contribution >= 4 is 16.4 Å². The zero-order valence-corrected chi connectivity index (χ0v) is 8.26. The standard InChI is InChI=1S/C9H16O2S/c1-6(10)12-9-4-8(5-9)11-7-2-3-7/h7-10,12H,2-5H2,1H3.